The lowest BCUT2D eigenvalue weighted by Gasteiger charge is -2.06. The van der Waals surface area contributed by atoms with Crippen LogP contribution in [0.25, 0.3) is 22.6 Å². The van der Waals surface area contributed by atoms with E-state index in [0.717, 1.165) is 11.6 Å². The number of nitro groups is 1. The van der Waals surface area contributed by atoms with Crippen molar-refractivity contribution in [2.45, 2.75) is 19.8 Å². The lowest BCUT2D eigenvalue weighted by Crippen LogP contribution is -2.12. The second-order valence-corrected chi connectivity index (χ2v) is 7.76. The summed E-state index contributed by atoms with van der Waals surface area (Å²) in [6, 6.07) is 16.9. The Balaban J connectivity index is 1.57. The first-order valence-electron chi connectivity index (χ1n) is 9.58. The SMILES string of the molecule is CC(C)c1ccc(-c2nc3cc(NC(=O)c4ccc([N+](=O)[O-])cc4Cl)ccc3o2)cc1. The van der Waals surface area contributed by atoms with Crippen LogP contribution in [0, 0.1) is 10.1 Å². The Hall–Kier alpha value is -3.71. The first-order chi connectivity index (χ1) is 14.8. The number of non-ortho nitro benzene ring substituents is 1. The van der Waals surface area contributed by atoms with Gasteiger partial charge in [0.2, 0.25) is 5.89 Å². The summed E-state index contributed by atoms with van der Waals surface area (Å²) in [5.41, 5.74) is 3.74. The van der Waals surface area contributed by atoms with Gasteiger partial charge in [-0.2, -0.15) is 0 Å². The smallest absolute Gasteiger partial charge is 0.270 e. The fourth-order valence-electron chi connectivity index (χ4n) is 3.14. The van der Waals surface area contributed by atoms with E-state index in [4.69, 9.17) is 16.0 Å². The highest BCUT2D eigenvalue weighted by Gasteiger charge is 2.16. The van der Waals surface area contributed by atoms with Crippen molar-refractivity contribution in [3.05, 3.63) is 86.9 Å². The summed E-state index contributed by atoms with van der Waals surface area (Å²) >= 11 is 6.04. The number of rotatable bonds is 5. The topological polar surface area (TPSA) is 98.3 Å². The standard InChI is InChI=1S/C23H18ClN3O4/c1-13(2)14-3-5-15(6-4-14)23-26-20-11-16(7-10-21(20)31-23)25-22(28)18-9-8-17(27(29)30)12-19(18)24/h3-13H,1-2H3,(H,25,28). The fourth-order valence-corrected chi connectivity index (χ4v) is 3.40. The molecule has 0 saturated carbocycles. The summed E-state index contributed by atoms with van der Waals surface area (Å²) in [7, 11) is 0. The molecule has 1 aromatic heterocycles. The van der Waals surface area contributed by atoms with Crippen LogP contribution in [0.4, 0.5) is 11.4 Å². The third kappa shape index (κ3) is 4.27. The number of fused-ring (bicyclic) bond motifs is 1. The Morgan fingerprint density at radius 1 is 1.10 bits per heavy atom. The molecule has 0 aliphatic carbocycles. The maximum atomic E-state index is 12.6. The molecule has 0 bridgehead atoms. The number of nitrogens with zero attached hydrogens (tertiary/aromatic N) is 2. The van der Waals surface area contributed by atoms with Crippen molar-refractivity contribution in [1.29, 1.82) is 0 Å². The average molecular weight is 436 g/mol. The van der Waals surface area contributed by atoms with Gasteiger partial charge in [-0.25, -0.2) is 4.98 Å². The zero-order chi connectivity index (χ0) is 22.1. The molecule has 1 amide bonds. The molecular weight excluding hydrogens is 418 g/mol. The first-order valence-corrected chi connectivity index (χ1v) is 9.96. The van der Waals surface area contributed by atoms with E-state index in [1.807, 2.05) is 12.1 Å². The van der Waals surface area contributed by atoms with E-state index in [1.54, 1.807) is 18.2 Å². The minimum Gasteiger partial charge on any atom is -0.436 e. The van der Waals surface area contributed by atoms with Crippen molar-refractivity contribution in [2.24, 2.45) is 0 Å². The Labute approximate surface area is 182 Å². The Morgan fingerprint density at radius 2 is 1.84 bits per heavy atom. The highest BCUT2D eigenvalue weighted by Crippen LogP contribution is 2.28. The number of amides is 1. The minimum atomic E-state index is -0.569. The third-order valence-corrected chi connectivity index (χ3v) is 5.19. The van der Waals surface area contributed by atoms with Gasteiger partial charge in [-0.15, -0.1) is 0 Å². The molecule has 0 spiro atoms. The Morgan fingerprint density at radius 3 is 2.48 bits per heavy atom. The number of oxazole rings is 1. The number of halogens is 1. The van der Waals surface area contributed by atoms with E-state index < -0.39 is 10.8 Å². The van der Waals surface area contributed by atoms with Crippen LogP contribution < -0.4 is 5.32 Å². The third-order valence-electron chi connectivity index (χ3n) is 4.88. The van der Waals surface area contributed by atoms with E-state index in [-0.39, 0.29) is 16.3 Å². The zero-order valence-electron chi connectivity index (χ0n) is 16.8. The molecular formula is C23H18ClN3O4. The quantitative estimate of drug-likeness (QED) is 0.287. The summed E-state index contributed by atoms with van der Waals surface area (Å²) in [4.78, 5) is 27.3. The van der Waals surface area contributed by atoms with Crippen molar-refractivity contribution >= 4 is 40.0 Å². The van der Waals surface area contributed by atoms with Crippen molar-refractivity contribution < 1.29 is 14.1 Å². The van der Waals surface area contributed by atoms with Crippen LogP contribution in [0.1, 0.15) is 35.7 Å². The molecule has 1 N–H and O–H groups in total. The van der Waals surface area contributed by atoms with Gasteiger partial charge in [0.1, 0.15) is 5.52 Å². The van der Waals surface area contributed by atoms with Gasteiger partial charge in [-0.1, -0.05) is 37.6 Å². The number of nitro benzene ring substituents is 1. The van der Waals surface area contributed by atoms with Crippen LogP contribution in [0.5, 0.6) is 0 Å². The molecule has 8 heteroatoms. The molecule has 3 aromatic carbocycles. The van der Waals surface area contributed by atoms with Gasteiger partial charge in [0.25, 0.3) is 11.6 Å². The maximum absolute atomic E-state index is 12.6. The molecule has 0 aliphatic heterocycles. The van der Waals surface area contributed by atoms with Crippen LogP contribution in [0.15, 0.2) is 65.1 Å². The van der Waals surface area contributed by atoms with Crippen molar-refractivity contribution in [2.75, 3.05) is 5.32 Å². The van der Waals surface area contributed by atoms with Crippen molar-refractivity contribution in [3.63, 3.8) is 0 Å². The Bertz CT molecular complexity index is 1300. The van der Waals surface area contributed by atoms with Crippen LogP contribution in [0.3, 0.4) is 0 Å². The molecule has 0 saturated heterocycles. The Kier molecular flexibility index (Phi) is 5.44. The molecule has 0 aliphatic rings. The van der Waals surface area contributed by atoms with Gasteiger partial charge < -0.3 is 9.73 Å². The van der Waals surface area contributed by atoms with Crippen molar-refractivity contribution in [1.82, 2.24) is 4.98 Å². The number of nitrogens with one attached hydrogen (secondary N) is 1. The molecule has 4 rings (SSSR count). The fraction of sp³-hybridized carbons (Fsp3) is 0.130. The lowest BCUT2D eigenvalue weighted by molar-refractivity contribution is -0.384. The molecule has 31 heavy (non-hydrogen) atoms. The van der Waals surface area contributed by atoms with Gasteiger partial charge in [0.05, 0.1) is 15.5 Å². The van der Waals surface area contributed by atoms with E-state index in [9.17, 15) is 14.9 Å². The van der Waals surface area contributed by atoms with E-state index in [2.05, 4.69) is 36.3 Å². The second kappa shape index (κ2) is 8.20. The zero-order valence-corrected chi connectivity index (χ0v) is 17.5. The van der Waals surface area contributed by atoms with Gasteiger partial charge in [0, 0.05) is 23.4 Å². The van der Waals surface area contributed by atoms with E-state index in [0.29, 0.717) is 28.6 Å². The van der Waals surface area contributed by atoms with Crippen LogP contribution in [-0.2, 0) is 0 Å². The predicted molar refractivity (Wildman–Crippen MR) is 120 cm³/mol. The monoisotopic (exact) mass is 435 g/mol. The normalized spacial score (nSPS) is 11.1. The highest BCUT2D eigenvalue weighted by atomic mass is 35.5. The molecule has 1 heterocycles. The molecule has 4 aromatic rings. The maximum Gasteiger partial charge on any atom is 0.270 e. The highest BCUT2D eigenvalue weighted by molar-refractivity contribution is 6.34. The molecule has 0 unspecified atom stereocenters. The molecule has 7 nitrogen and oxygen atoms in total. The average Bonchev–Trinajstić information content (AvgIpc) is 3.17. The summed E-state index contributed by atoms with van der Waals surface area (Å²) in [6.45, 7) is 4.27. The number of benzene rings is 3. The summed E-state index contributed by atoms with van der Waals surface area (Å²) in [5, 5.41) is 13.6. The van der Waals surface area contributed by atoms with Gasteiger partial charge >= 0.3 is 0 Å². The number of carbonyl (C=O) groups excluding carboxylic acids is 1. The molecule has 156 valence electrons. The number of aromatic nitrogens is 1. The summed E-state index contributed by atoms with van der Waals surface area (Å²) in [5.74, 6) is 0.451. The predicted octanol–water partition coefficient (Wildman–Crippen LogP) is 6.43. The van der Waals surface area contributed by atoms with Crippen LogP contribution in [-0.4, -0.2) is 15.8 Å². The van der Waals surface area contributed by atoms with Crippen LogP contribution >= 0.6 is 11.6 Å². The van der Waals surface area contributed by atoms with Gasteiger partial charge in [0.15, 0.2) is 5.58 Å². The summed E-state index contributed by atoms with van der Waals surface area (Å²) in [6.07, 6.45) is 0. The number of hydrogen-bond acceptors (Lipinski definition) is 5. The second-order valence-electron chi connectivity index (χ2n) is 7.35. The molecule has 0 radical (unpaired) electrons. The van der Waals surface area contributed by atoms with E-state index >= 15 is 0 Å². The number of carbonyl (C=O) groups is 1. The molecule has 0 fully saturated rings. The van der Waals surface area contributed by atoms with Gasteiger partial charge in [-0.05, 0) is 47.9 Å². The summed E-state index contributed by atoms with van der Waals surface area (Å²) < 4.78 is 5.84. The lowest BCUT2D eigenvalue weighted by atomic mass is 10.0. The van der Waals surface area contributed by atoms with Gasteiger partial charge in [-0.3, -0.25) is 14.9 Å². The number of anilines is 1. The largest absolute Gasteiger partial charge is 0.436 e. The number of hydrogen-bond donors (Lipinski definition) is 1. The molecule has 0 atom stereocenters. The first kappa shape index (κ1) is 20.6. The minimum absolute atomic E-state index is 0.00125. The van der Waals surface area contributed by atoms with Crippen molar-refractivity contribution in [3.8, 4) is 11.5 Å². The van der Waals surface area contributed by atoms with Crippen LogP contribution in [0.2, 0.25) is 5.02 Å². The van der Waals surface area contributed by atoms with E-state index in [1.165, 1.54) is 17.7 Å².